The number of rotatable bonds is 4. The van der Waals surface area contributed by atoms with Crippen molar-refractivity contribution in [2.45, 2.75) is 31.9 Å². The summed E-state index contributed by atoms with van der Waals surface area (Å²) >= 11 is 0. The maximum atomic E-state index is 10.4. The Hall–Kier alpha value is -3.71. The van der Waals surface area contributed by atoms with Crippen LogP contribution in [0.15, 0.2) is 66.0 Å². The minimum absolute atomic E-state index is 0.629. The highest BCUT2D eigenvalue weighted by Gasteiger charge is 2.28. The summed E-state index contributed by atoms with van der Waals surface area (Å²) in [6.07, 6.45) is 9.50. The smallest absolute Gasteiger partial charge is 0.180 e. The third-order valence-corrected chi connectivity index (χ3v) is 6.47. The van der Waals surface area contributed by atoms with Crippen LogP contribution in [0, 0.1) is 0 Å². The van der Waals surface area contributed by atoms with Gasteiger partial charge < -0.3 is 19.7 Å². The standard InChI is InChI=1S/C26H26N6O/c1-26(33)9-2-11-32(17-26)22-7-5-21(6-8-22)29-24-25-28-10-12-31(25)16-23(30-24)18-3-4-19-14-27-15-20(19)13-18/h3-8,10,12-14,16,33H,2,9,11,15,17H2,1H3,(H,29,30)/t26-/m0/s1. The molecule has 0 amide bonds. The first kappa shape index (κ1) is 19.9. The molecule has 6 rings (SSSR count). The van der Waals surface area contributed by atoms with Gasteiger partial charge in [-0.05, 0) is 61.2 Å². The molecule has 2 aromatic carbocycles. The molecule has 7 heteroatoms. The van der Waals surface area contributed by atoms with Gasteiger partial charge in [-0.2, -0.15) is 0 Å². The molecule has 0 bridgehead atoms. The third kappa shape index (κ3) is 3.85. The maximum absolute atomic E-state index is 10.4. The Kier molecular flexibility index (Phi) is 4.66. The van der Waals surface area contributed by atoms with Crippen LogP contribution in [-0.4, -0.2) is 44.4 Å². The Morgan fingerprint density at radius 3 is 2.85 bits per heavy atom. The molecule has 1 atom stereocenters. The van der Waals surface area contributed by atoms with Crippen molar-refractivity contribution in [1.29, 1.82) is 0 Å². The lowest BCUT2D eigenvalue weighted by atomic mass is 9.95. The number of aliphatic imine (C=N–C) groups is 1. The van der Waals surface area contributed by atoms with Gasteiger partial charge >= 0.3 is 0 Å². The first-order valence-electron chi connectivity index (χ1n) is 11.4. The van der Waals surface area contributed by atoms with E-state index in [1.54, 1.807) is 6.20 Å². The lowest BCUT2D eigenvalue weighted by Gasteiger charge is -2.38. The summed E-state index contributed by atoms with van der Waals surface area (Å²) in [5.74, 6) is 0.711. The first-order chi connectivity index (χ1) is 16.0. The molecule has 1 fully saturated rings. The van der Waals surface area contributed by atoms with E-state index in [4.69, 9.17) is 4.98 Å². The Balaban J connectivity index is 1.29. The lowest BCUT2D eigenvalue weighted by Crippen LogP contribution is -2.46. The van der Waals surface area contributed by atoms with E-state index in [1.807, 2.05) is 29.9 Å². The lowest BCUT2D eigenvalue weighted by molar-refractivity contribution is 0.0449. The van der Waals surface area contributed by atoms with Gasteiger partial charge in [-0.3, -0.25) is 4.99 Å². The summed E-state index contributed by atoms with van der Waals surface area (Å²) in [5.41, 5.74) is 6.55. The molecule has 33 heavy (non-hydrogen) atoms. The van der Waals surface area contributed by atoms with Gasteiger partial charge in [-0.1, -0.05) is 12.1 Å². The van der Waals surface area contributed by atoms with E-state index >= 15 is 0 Å². The van der Waals surface area contributed by atoms with Crippen molar-refractivity contribution in [3.05, 3.63) is 72.2 Å². The minimum atomic E-state index is -0.629. The van der Waals surface area contributed by atoms with Gasteiger partial charge in [0.15, 0.2) is 11.5 Å². The molecule has 0 spiro atoms. The zero-order valence-electron chi connectivity index (χ0n) is 18.6. The van der Waals surface area contributed by atoms with Gasteiger partial charge in [0.1, 0.15) is 0 Å². The first-order valence-corrected chi connectivity index (χ1v) is 11.4. The highest BCUT2D eigenvalue weighted by Crippen LogP contribution is 2.29. The molecule has 1 saturated heterocycles. The van der Waals surface area contributed by atoms with E-state index in [9.17, 15) is 5.11 Å². The fourth-order valence-corrected chi connectivity index (χ4v) is 4.76. The fourth-order valence-electron chi connectivity index (χ4n) is 4.76. The van der Waals surface area contributed by atoms with Crippen LogP contribution in [0.4, 0.5) is 17.2 Å². The number of aliphatic hydroxyl groups is 1. The van der Waals surface area contributed by atoms with Crippen molar-refractivity contribution < 1.29 is 5.11 Å². The molecule has 166 valence electrons. The summed E-state index contributed by atoms with van der Waals surface area (Å²) in [7, 11) is 0. The molecule has 2 N–H and O–H groups in total. The van der Waals surface area contributed by atoms with E-state index in [2.05, 4.69) is 62.7 Å². The number of hydrogen-bond donors (Lipinski definition) is 2. The van der Waals surface area contributed by atoms with Crippen molar-refractivity contribution in [2.24, 2.45) is 4.99 Å². The van der Waals surface area contributed by atoms with Gasteiger partial charge in [0.05, 0.1) is 17.8 Å². The van der Waals surface area contributed by atoms with Crippen LogP contribution in [0.25, 0.3) is 16.9 Å². The zero-order valence-corrected chi connectivity index (χ0v) is 18.6. The van der Waals surface area contributed by atoms with Crippen LogP contribution in [0.1, 0.15) is 30.9 Å². The molecule has 4 heterocycles. The highest BCUT2D eigenvalue weighted by atomic mass is 16.3. The predicted octanol–water partition coefficient (Wildman–Crippen LogP) is 4.42. The van der Waals surface area contributed by atoms with Crippen LogP contribution >= 0.6 is 0 Å². The van der Waals surface area contributed by atoms with Gasteiger partial charge in [0, 0.05) is 54.8 Å². The van der Waals surface area contributed by atoms with Crippen LogP contribution in [0.2, 0.25) is 0 Å². The number of nitrogens with one attached hydrogen (secondary N) is 1. The van der Waals surface area contributed by atoms with Gasteiger partial charge in [0.2, 0.25) is 0 Å². The van der Waals surface area contributed by atoms with Gasteiger partial charge in [0.25, 0.3) is 0 Å². The number of benzene rings is 2. The number of anilines is 3. The monoisotopic (exact) mass is 438 g/mol. The van der Waals surface area contributed by atoms with Crippen molar-refractivity contribution >= 4 is 29.1 Å². The van der Waals surface area contributed by atoms with Crippen LogP contribution in [0.3, 0.4) is 0 Å². The van der Waals surface area contributed by atoms with E-state index in [1.165, 1.54) is 11.1 Å². The van der Waals surface area contributed by atoms with Crippen molar-refractivity contribution in [3.63, 3.8) is 0 Å². The fraction of sp³-hybridized carbons (Fsp3) is 0.269. The molecular weight excluding hydrogens is 412 g/mol. The molecular formula is C26H26N6O. The molecule has 0 aliphatic carbocycles. The number of fused-ring (bicyclic) bond motifs is 2. The second-order valence-corrected chi connectivity index (χ2v) is 9.21. The predicted molar refractivity (Wildman–Crippen MR) is 132 cm³/mol. The largest absolute Gasteiger partial charge is 0.388 e. The summed E-state index contributed by atoms with van der Waals surface area (Å²) in [6, 6.07) is 14.7. The topological polar surface area (TPSA) is 78.0 Å². The molecule has 2 aromatic heterocycles. The Morgan fingerprint density at radius 2 is 2.00 bits per heavy atom. The maximum Gasteiger partial charge on any atom is 0.180 e. The molecule has 2 aliphatic rings. The number of β-amino-alcohol motifs (C(OH)–C–C–N with tert-alkyl or cyclic N) is 1. The Bertz CT molecular complexity index is 1360. The minimum Gasteiger partial charge on any atom is -0.388 e. The Morgan fingerprint density at radius 1 is 1.12 bits per heavy atom. The molecule has 0 unspecified atom stereocenters. The van der Waals surface area contributed by atoms with E-state index in [0.717, 1.165) is 54.2 Å². The molecule has 2 aliphatic heterocycles. The number of hydrogen-bond acceptors (Lipinski definition) is 6. The summed E-state index contributed by atoms with van der Waals surface area (Å²) in [4.78, 5) is 16.0. The van der Waals surface area contributed by atoms with Crippen molar-refractivity contribution in [3.8, 4) is 11.3 Å². The number of imidazole rings is 1. The van der Waals surface area contributed by atoms with Gasteiger partial charge in [-0.15, -0.1) is 0 Å². The quantitative estimate of drug-likeness (QED) is 0.493. The second kappa shape index (κ2) is 7.71. The normalized spacial score (nSPS) is 19.8. The Labute approximate surface area is 192 Å². The highest BCUT2D eigenvalue weighted by molar-refractivity contribution is 5.86. The SMILES string of the molecule is C[C@]1(O)CCCN(c2ccc(Nc3nc(-c4ccc5c(c4)CN=C5)cn4ccnc34)cc2)C1. The summed E-state index contributed by atoms with van der Waals surface area (Å²) < 4.78 is 2.00. The second-order valence-electron chi connectivity index (χ2n) is 9.21. The van der Waals surface area contributed by atoms with Crippen molar-refractivity contribution in [2.75, 3.05) is 23.3 Å². The van der Waals surface area contributed by atoms with E-state index in [0.29, 0.717) is 12.4 Å². The summed E-state index contributed by atoms with van der Waals surface area (Å²) in [5, 5.41) is 13.9. The number of aromatic nitrogens is 3. The molecule has 0 radical (unpaired) electrons. The summed E-state index contributed by atoms with van der Waals surface area (Å²) in [6.45, 7) is 4.26. The average Bonchev–Trinajstić information content (AvgIpc) is 3.48. The molecule has 4 aromatic rings. The molecule has 0 saturated carbocycles. The van der Waals surface area contributed by atoms with Gasteiger partial charge in [-0.25, -0.2) is 9.97 Å². The molecule has 7 nitrogen and oxygen atoms in total. The van der Waals surface area contributed by atoms with E-state index < -0.39 is 5.60 Å². The third-order valence-electron chi connectivity index (χ3n) is 6.47. The number of piperidine rings is 1. The van der Waals surface area contributed by atoms with Crippen LogP contribution in [0.5, 0.6) is 0 Å². The average molecular weight is 439 g/mol. The van der Waals surface area contributed by atoms with E-state index in [-0.39, 0.29) is 0 Å². The van der Waals surface area contributed by atoms with Crippen LogP contribution in [-0.2, 0) is 6.54 Å². The van der Waals surface area contributed by atoms with Crippen LogP contribution < -0.4 is 10.2 Å². The zero-order chi connectivity index (χ0) is 22.4. The van der Waals surface area contributed by atoms with Crippen molar-refractivity contribution in [1.82, 2.24) is 14.4 Å². The number of nitrogens with zero attached hydrogens (tertiary/aromatic N) is 5.